The normalized spacial score (nSPS) is 18.5. The summed E-state index contributed by atoms with van der Waals surface area (Å²) in [5.74, 6) is 1.55. The van der Waals surface area contributed by atoms with Gasteiger partial charge in [-0.1, -0.05) is 6.07 Å². The van der Waals surface area contributed by atoms with E-state index in [-0.39, 0.29) is 12.7 Å². The summed E-state index contributed by atoms with van der Waals surface area (Å²) in [5, 5.41) is 5.85. The topological polar surface area (TPSA) is 76.2 Å². The number of rotatable bonds is 9. The van der Waals surface area contributed by atoms with E-state index in [1.165, 1.54) is 5.56 Å². The Balaban J connectivity index is 1.25. The zero-order valence-corrected chi connectivity index (χ0v) is 18.4. The summed E-state index contributed by atoms with van der Waals surface area (Å²) in [4.78, 5) is 21.7. The van der Waals surface area contributed by atoms with Gasteiger partial charge in [-0.25, -0.2) is 4.98 Å². The first-order chi connectivity index (χ1) is 15.2. The lowest BCUT2D eigenvalue weighted by Crippen LogP contribution is -2.41. The lowest BCUT2D eigenvalue weighted by molar-refractivity contribution is 0.0325. The second-order valence-electron chi connectivity index (χ2n) is 8.23. The molecule has 0 atom stereocenters. The van der Waals surface area contributed by atoms with Crippen LogP contribution in [0.5, 0.6) is 11.5 Å². The van der Waals surface area contributed by atoms with Gasteiger partial charge in [0.15, 0.2) is 11.5 Å². The van der Waals surface area contributed by atoms with Crippen LogP contribution >= 0.6 is 11.3 Å². The van der Waals surface area contributed by atoms with Crippen LogP contribution < -0.4 is 14.8 Å². The Morgan fingerprint density at radius 1 is 1.19 bits per heavy atom. The third-order valence-electron chi connectivity index (χ3n) is 5.74. The molecule has 0 radical (unpaired) electrons. The summed E-state index contributed by atoms with van der Waals surface area (Å²) in [7, 11) is 0. The maximum absolute atomic E-state index is 12.3. The molecule has 1 saturated heterocycles. The fraction of sp³-hybridized carbons (Fsp3) is 0.545. The largest absolute Gasteiger partial charge is 0.454 e. The van der Waals surface area contributed by atoms with Crippen molar-refractivity contribution < 1.29 is 19.0 Å². The third-order valence-corrected chi connectivity index (χ3v) is 6.57. The first-order valence-electron chi connectivity index (χ1n) is 10.9. The molecule has 0 bridgehead atoms. The molecular weight excluding hydrogens is 416 g/mol. The quantitative estimate of drug-likeness (QED) is 0.635. The molecule has 8 nitrogen and oxygen atoms in total. The fourth-order valence-electron chi connectivity index (χ4n) is 3.79. The molecule has 166 valence electrons. The van der Waals surface area contributed by atoms with Gasteiger partial charge in [-0.05, 0) is 30.5 Å². The molecule has 2 aliphatic heterocycles. The Kier molecular flexibility index (Phi) is 6.35. The summed E-state index contributed by atoms with van der Waals surface area (Å²) < 4.78 is 16.5. The Morgan fingerprint density at radius 3 is 2.87 bits per heavy atom. The van der Waals surface area contributed by atoms with Gasteiger partial charge in [0.1, 0.15) is 10.7 Å². The van der Waals surface area contributed by atoms with Crippen molar-refractivity contribution in [1.82, 2.24) is 20.1 Å². The van der Waals surface area contributed by atoms with Crippen molar-refractivity contribution in [2.24, 2.45) is 0 Å². The van der Waals surface area contributed by atoms with Crippen LogP contribution in [0.3, 0.4) is 0 Å². The van der Waals surface area contributed by atoms with E-state index in [0.717, 1.165) is 75.3 Å². The number of nitrogens with one attached hydrogen (secondary N) is 1. The van der Waals surface area contributed by atoms with Crippen LogP contribution in [0.25, 0.3) is 0 Å². The number of aromatic nitrogens is 1. The number of carbonyl (C=O) groups is 1. The number of amides is 1. The van der Waals surface area contributed by atoms with Gasteiger partial charge in [0.25, 0.3) is 5.91 Å². The Hall–Kier alpha value is -2.20. The number of morpholine rings is 1. The van der Waals surface area contributed by atoms with Gasteiger partial charge in [-0.2, -0.15) is 0 Å². The zero-order valence-electron chi connectivity index (χ0n) is 17.5. The van der Waals surface area contributed by atoms with Gasteiger partial charge in [0.2, 0.25) is 6.79 Å². The second-order valence-corrected chi connectivity index (χ2v) is 9.17. The molecule has 1 saturated carbocycles. The maximum Gasteiger partial charge on any atom is 0.270 e. The monoisotopic (exact) mass is 444 g/mol. The molecule has 2 fully saturated rings. The summed E-state index contributed by atoms with van der Waals surface area (Å²) in [6.45, 7) is 7.21. The van der Waals surface area contributed by atoms with Crippen molar-refractivity contribution in [3.05, 3.63) is 39.8 Å². The van der Waals surface area contributed by atoms with Crippen molar-refractivity contribution in [3.63, 3.8) is 0 Å². The highest BCUT2D eigenvalue weighted by molar-refractivity contribution is 7.09. The fourth-order valence-corrected chi connectivity index (χ4v) is 4.60. The zero-order chi connectivity index (χ0) is 21.0. The van der Waals surface area contributed by atoms with Crippen LogP contribution in [0.2, 0.25) is 0 Å². The minimum Gasteiger partial charge on any atom is -0.454 e. The SMILES string of the molecule is O=C(NC1CC1)c1csc(CN(CCN2CCOCC2)Cc2ccc3c(c2)OCO3)n1. The van der Waals surface area contributed by atoms with Crippen LogP contribution in [0.15, 0.2) is 23.6 Å². The standard InChI is InChI=1S/C22H28N4O4S/c27-22(23-17-2-3-17)18-14-31-21(24-18)13-26(6-5-25-7-9-28-10-8-25)12-16-1-4-19-20(11-16)30-15-29-19/h1,4,11,14,17H,2-3,5-10,12-13,15H2,(H,23,27). The number of benzene rings is 1. The first-order valence-corrected chi connectivity index (χ1v) is 11.8. The summed E-state index contributed by atoms with van der Waals surface area (Å²) in [5.41, 5.74) is 1.71. The number of nitrogens with zero attached hydrogens (tertiary/aromatic N) is 3. The highest BCUT2D eigenvalue weighted by atomic mass is 32.1. The van der Waals surface area contributed by atoms with E-state index in [2.05, 4.69) is 32.2 Å². The molecule has 1 aromatic heterocycles. The summed E-state index contributed by atoms with van der Waals surface area (Å²) in [6.07, 6.45) is 2.15. The van der Waals surface area contributed by atoms with Gasteiger partial charge in [-0.15, -0.1) is 11.3 Å². The van der Waals surface area contributed by atoms with Crippen LogP contribution in [-0.2, 0) is 17.8 Å². The minimum atomic E-state index is -0.0550. The molecule has 3 aliphatic rings. The molecule has 1 amide bonds. The molecule has 0 spiro atoms. The van der Waals surface area contributed by atoms with E-state index in [1.54, 1.807) is 11.3 Å². The van der Waals surface area contributed by atoms with E-state index < -0.39 is 0 Å². The third kappa shape index (κ3) is 5.54. The Labute approximate surface area is 186 Å². The molecule has 9 heteroatoms. The van der Waals surface area contributed by atoms with Crippen molar-refractivity contribution in [2.45, 2.75) is 32.0 Å². The van der Waals surface area contributed by atoms with Gasteiger partial charge >= 0.3 is 0 Å². The van der Waals surface area contributed by atoms with Crippen molar-refractivity contribution in [2.75, 3.05) is 46.2 Å². The molecule has 1 aliphatic carbocycles. The number of carbonyl (C=O) groups excluding carboxylic acids is 1. The lowest BCUT2D eigenvalue weighted by Gasteiger charge is -2.29. The minimum absolute atomic E-state index is 0.0550. The smallest absolute Gasteiger partial charge is 0.270 e. The summed E-state index contributed by atoms with van der Waals surface area (Å²) >= 11 is 1.55. The maximum atomic E-state index is 12.3. The molecule has 1 aromatic carbocycles. The lowest BCUT2D eigenvalue weighted by atomic mass is 10.2. The van der Waals surface area contributed by atoms with E-state index in [0.29, 0.717) is 18.3 Å². The molecule has 2 aromatic rings. The van der Waals surface area contributed by atoms with Crippen LogP contribution in [-0.4, -0.2) is 72.9 Å². The number of hydrogen-bond donors (Lipinski definition) is 1. The van der Waals surface area contributed by atoms with Crippen molar-refractivity contribution in [1.29, 1.82) is 0 Å². The Bertz CT molecular complexity index is 911. The molecule has 3 heterocycles. The Morgan fingerprint density at radius 2 is 2.03 bits per heavy atom. The number of thiazole rings is 1. The van der Waals surface area contributed by atoms with E-state index in [4.69, 9.17) is 14.2 Å². The van der Waals surface area contributed by atoms with E-state index in [1.807, 2.05) is 11.4 Å². The number of ether oxygens (including phenoxy) is 3. The molecule has 1 N–H and O–H groups in total. The summed E-state index contributed by atoms with van der Waals surface area (Å²) in [6, 6.07) is 6.46. The first kappa shape index (κ1) is 20.7. The highest BCUT2D eigenvalue weighted by Gasteiger charge is 2.25. The van der Waals surface area contributed by atoms with Crippen molar-refractivity contribution >= 4 is 17.2 Å². The molecule has 5 rings (SSSR count). The van der Waals surface area contributed by atoms with Gasteiger partial charge in [0, 0.05) is 44.1 Å². The number of hydrogen-bond acceptors (Lipinski definition) is 8. The van der Waals surface area contributed by atoms with E-state index in [9.17, 15) is 4.79 Å². The van der Waals surface area contributed by atoms with Crippen LogP contribution in [0, 0.1) is 0 Å². The van der Waals surface area contributed by atoms with Gasteiger partial charge < -0.3 is 19.5 Å². The predicted molar refractivity (Wildman–Crippen MR) is 117 cm³/mol. The number of fused-ring (bicyclic) bond motifs is 1. The molecular formula is C22H28N4O4S. The van der Waals surface area contributed by atoms with E-state index >= 15 is 0 Å². The highest BCUT2D eigenvalue weighted by Crippen LogP contribution is 2.33. The van der Waals surface area contributed by atoms with Crippen molar-refractivity contribution in [3.8, 4) is 11.5 Å². The second kappa shape index (κ2) is 9.52. The average Bonchev–Trinajstić information content (AvgIpc) is 3.27. The molecule has 31 heavy (non-hydrogen) atoms. The van der Waals surface area contributed by atoms with Crippen LogP contribution in [0.4, 0.5) is 0 Å². The van der Waals surface area contributed by atoms with Crippen LogP contribution in [0.1, 0.15) is 33.9 Å². The van der Waals surface area contributed by atoms with Gasteiger partial charge in [-0.3, -0.25) is 14.6 Å². The predicted octanol–water partition coefficient (Wildman–Crippen LogP) is 2.10. The average molecular weight is 445 g/mol. The molecule has 0 unspecified atom stereocenters. The van der Waals surface area contributed by atoms with Gasteiger partial charge in [0.05, 0.1) is 19.8 Å².